The largest absolute Gasteiger partial charge is 0.492 e. The molecule has 134 valence electrons. The number of fused-ring (bicyclic) bond motifs is 1. The van der Waals surface area contributed by atoms with Crippen LogP contribution in [-0.2, 0) is 10.0 Å². The summed E-state index contributed by atoms with van der Waals surface area (Å²) in [7, 11) is -3.84. The SMILES string of the molecule is O=[N+]([O-])c1cccc(S(=O)(=O)NCCOc2ccc3ccccc3c2)c1. The molecule has 1 N–H and O–H groups in total. The van der Waals surface area contributed by atoms with Gasteiger partial charge in [-0.15, -0.1) is 0 Å². The molecule has 3 aromatic rings. The summed E-state index contributed by atoms with van der Waals surface area (Å²) in [6.07, 6.45) is 0. The van der Waals surface area contributed by atoms with E-state index in [1.807, 2.05) is 42.5 Å². The van der Waals surface area contributed by atoms with Gasteiger partial charge in [0.25, 0.3) is 5.69 Å². The monoisotopic (exact) mass is 372 g/mol. The van der Waals surface area contributed by atoms with Gasteiger partial charge in [-0.1, -0.05) is 36.4 Å². The van der Waals surface area contributed by atoms with Crippen molar-refractivity contribution in [3.05, 3.63) is 76.8 Å². The van der Waals surface area contributed by atoms with Gasteiger partial charge in [-0.25, -0.2) is 13.1 Å². The van der Waals surface area contributed by atoms with Crippen LogP contribution >= 0.6 is 0 Å². The first-order valence-corrected chi connectivity index (χ1v) is 9.30. The molecule has 0 unspecified atom stereocenters. The van der Waals surface area contributed by atoms with E-state index in [2.05, 4.69) is 4.72 Å². The molecular weight excluding hydrogens is 356 g/mol. The van der Waals surface area contributed by atoms with E-state index in [1.165, 1.54) is 18.2 Å². The molecule has 3 rings (SSSR count). The van der Waals surface area contributed by atoms with E-state index in [0.717, 1.165) is 16.8 Å². The Bertz CT molecular complexity index is 1050. The number of sulfonamides is 1. The quantitative estimate of drug-likeness (QED) is 0.390. The number of hydrogen-bond acceptors (Lipinski definition) is 5. The van der Waals surface area contributed by atoms with Gasteiger partial charge >= 0.3 is 0 Å². The van der Waals surface area contributed by atoms with Gasteiger partial charge in [0.15, 0.2) is 0 Å². The zero-order chi connectivity index (χ0) is 18.6. The number of hydrogen-bond donors (Lipinski definition) is 1. The van der Waals surface area contributed by atoms with Gasteiger partial charge in [0.05, 0.1) is 9.82 Å². The van der Waals surface area contributed by atoms with Gasteiger partial charge in [-0.2, -0.15) is 0 Å². The Morgan fingerprint density at radius 3 is 2.50 bits per heavy atom. The van der Waals surface area contributed by atoms with E-state index in [1.54, 1.807) is 0 Å². The van der Waals surface area contributed by atoms with Crippen LogP contribution in [0.4, 0.5) is 5.69 Å². The standard InChI is InChI=1S/C18H16N2O5S/c21-20(22)16-6-3-7-18(13-16)26(23,24)19-10-11-25-17-9-8-14-4-1-2-5-15(14)12-17/h1-9,12-13,19H,10-11H2. The van der Waals surface area contributed by atoms with Crippen molar-refractivity contribution in [1.29, 1.82) is 0 Å². The van der Waals surface area contributed by atoms with E-state index >= 15 is 0 Å². The number of ether oxygens (including phenoxy) is 1. The molecule has 0 spiro atoms. The van der Waals surface area contributed by atoms with Crippen LogP contribution in [0.5, 0.6) is 5.75 Å². The van der Waals surface area contributed by atoms with Crippen LogP contribution < -0.4 is 9.46 Å². The van der Waals surface area contributed by atoms with Crippen molar-refractivity contribution < 1.29 is 18.1 Å². The molecule has 0 heterocycles. The predicted octanol–water partition coefficient (Wildman–Crippen LogP) is 3.11. The van der Waals surface area contributed by atoms with Gasteiger partial charge < -0.3 is 4.74 Å². The minimum Gasteiger partial charge on any atom is -0.492 e. The van der Waals surface area contributed by atoms with Crippen molar-refractivity contribution in [1.82, 2.24) is 4.72 Å². The van der Waals surface area contributed by atoms with Crippen LogP contribution in [-0.4, -0.2) is 26.5 Å². The maximum absolute atomic E-state index is 12.2. The number of nitro groups is 1. The van der Waals surface area contributed by atoms with Crippen LogP contribution in [0.25, 0.3) is 10.8 Å². The summed E-state index contributed by atoms with van der Waals surface area (Å²) in [5.41, 5.74) is -0.278. The van der Waals surface area contributed by atoms with Crippen molar-refractivity contribution in [2.24, 2.45) is 0 Å². The van der Waals surface area contributed by atoms with Gasteiger partial charge in [0.2, 0.25) is 10.0 Å². The smallest absolute Gasteiger partial charge is 0.270 e. The lowest BCUT2D eigenvalue weighted by Crippen LogP contribution is -2.28. The first-order valence-electron chi connectivity index (χ1n) is 7.81. The molecule has 0 aliphatic carbocycles. The lowest BCUT2D eigenvalue weighted by Gasteiger charge is -2.09. The summed E-state index contributed by atoms with van der Waals surface area (Å²) < 4.78 is 32.4. The second-order valence-corrected chi connectivity index (χ2v) is 7.28. The number of nitro benzene ring substituents is 1. The average Bonchev–Trinajstić information content (AvgIpc) is 2.65. The zero-order valence-corrected chi connectivity index (χ0v) is 14.5. The van der Waals surface area contributed by atoms with Crippen molar-refractivity contribution in [2.45, 2.75) is 4.90 Å². The third kappa shape index (κ3) is 4.16. The van der Waals surface area contributed by atoms with Crippen LogP contribution in [0.1, 0.15) is 0 Å². The third-order valence-electron chi connectivity index (χ3n) is 3.72. The molecule has 8 heteroatoms. The maximum Gasteiger partial charge on any atom is 0.270 e. The molecule has 0 saturated heterocycles. The maximum atomic E-state index is 12.2. The molecule has 0 radical (unpaired) electrons. The Morgan fingerprint density at radius 1 is 0.962 bits per heavy atom. The molecule has 7 nitrogen and oxygen atoms in total. The third-order valence-corrected chi connectivity index (χ3v) is 5.18. The topological polar surface area (TPSA) is 98.5 Å². The molecule has 0 aliphatic rings. The number of rotatable bonds is 7. The minimum atomic E-state index is -3.84. The fourth-order valence-electron chi connectivity index (χ4n) is 2.45. The lowest BCUT2D eigenvalue weighted by atomic mass is 10.1. The summed E-state index contributed by atoms with van der Waals surface area (Å²) in [4.78, 5) is 9.97. The molecule has 0 bridgehead atoms. The van der Waals surface area contributed by atoms with E-state index in [4.69, 9.17) is 4.74 Å². The fourth-order valence-corrected chi connectivity index (χ4v) is 3.50. The number of nitrogens with zero attached hydrogens (tertiary/aromatic N) is 1. The molecule has 26 heavy (non-hydrogen) atoms. The molecule has 3 aromatic carbocycles. The Hall–Kier alpha value is -2.97. The minimum absolute atomic E-state index is 0.0395. The van der Waals surface area contributed by atoms with Gasteiger partial charge in [-0.05, 0) is 29.0 Å². The highest BCUT2D eigenvalue weighted by atomic mass is 32.2. The molecule has 0 atom stereocenters. The highest BCUT2D eigenvalue weighted by Gasteiger charge is 2.17. The van der Waals surface area contributed by atoms with Gasteiger partial charge in [-0.3, -0.25) is 10.1 Å². The van der Waals surface area contributed by atoms with Crippen LogP contribution in [0, 0.1) is 10.1 Å². The summed E-state index contributed by atoms with van der Waals surface area (Å²) in [5, 5.41) is 12.9. The zero-order valence-electron chi connectivity index (χ0n) is 13.7. The Morgan fingerprint density at radius 2 is 1.73 bits per heavy atom. The number of nitrogens with one attached hydrogen (secondary N) is 1. The van der Waals surface area contributed by atoms with Crippen molar-refractivity contribution in [3.8, 4) is 5.75 Å². The van der Waals surface area contributed by atoms with Gasteiger partial charge in [0.1, 0.15) is 12.4 Å². The Kier molecular flexibility index (Phi) is 5.15. The second kappa shape index (κ2) is 7.51. The number of benzene rings is 3. The first-order chi connectivity index (χ1) is 12.5. The van der Waals surface area contributed by atoms with Crippen molar-refractivity contribution >= 4 is 26.5 Å². The van der Waals surface area contributed by atoms with Crippen LogP contribution in [0.2, 0.25) is 0 Å². The van der Waals surface area contributed by atoms with E-state index in [-0.39, 0.29) is 23.7 Å². The molecule has 0 aromatic heterocycles. The second-order valence-electron chi connectivity index (χ2n) is 5.51. The molecule has 0 saturated carbocycles. The summed E-state index contributed by atoms with van der Waals surface area (Å²) >= 11 is 0. The Balaban J connectivity index is 1.59. The Labute approximate surface area is 150 Å². The summed E-state index contributed by atoms with van der Waals surface area (Å²) in [6.45, 7) is 0.171. The molecule has 0 amide bonds. The molecular formula is C18H16N2O5S. The first kappa shape index (κ1) is 17.8. The fraction of sp³-hybridized carbons (Fsp3) is 0.111. The summed E-state index contributed by atoms with van der Waals surface area (Å²) in [5.74, 6) is 0.637. The van der Waals surface area contributed by atoms with Gasteiger partial charge in [0, 0.05) is 18.7 Å². The van der Waals surface area contributed by atoms with E-state index in [0.29, 0.717) is 5.75 Å². The number of non-ortho nitro benzene ring substituents is 1. The molecule has 0 fully saturated rings. The van der Waals surface area contributed by atoms with Crippen molar-refractivity contribution in [2.75, 3.05) is 13.2 Å². The lowest BCUT2D eigenvalue weighted by molar-refractivity contribution is -0.385. The van der Waals surface area contributed by atoms with Crippen molar-refractivity contribution in [3.63, 3.8) is 0 Å². The summed E-state index contributed by atoms with van der Waals surface area (Å²) in [6, 6.07) is 18.4. The normalized spacial score (nSPS) is 11.4. The molecule has 0 aliphatic heterocycles. The van der Waals surface area contributed by atoms with Crippen LogP contribution in [0.15, 0.2) is 71.6 Å². The predicted molar refractivity (Wildman–Crippen MR) is 97.7 cm³/mol. The average molecular weight is 372 g/mol. The van der Waals surface area contributed by atoms with E-state index < -0.39 is 14.9 Å². The highest BCUT2D eigenvalue weighted by Crippen LogP contribution is 2.20. The highest BCUT2D eigenvalue weighted by molar-refractivity contribution is 7.89. The van der Waals surface area contributed by atoms with Crippen LogP contribution in [0.3, 0.4) is 0 Å². The van der Waals surface area contributed by atoms with E-state index in [9.17, 15) is 18.5 Å².